The molecule has 0 bridgehead atoms. The number of hydrogen-bond donors (Lipinski definition) is 3. The van der Waals surface area contributed by atoms with Crippen molar-refractivity contribution in [2.75, 3.05) is 11.1 Å². The Morgan fingerprint density at radius 1 is 1.28 bits per heavy atom. The van der Waals surface area contributed by atoms with Gasteiger partial charge in [-0.05, 0) is 18.9 Å². The highest BCUT2D eigenvalue weighted by molar-refractivity contribution is 5.52. The number of nitrogens with one attached hydrogen (secondary N) is 2. The number of aromatic nitrogens is 4. The molecule has 2 aromatic heterocycles. The summed E-state index contributed by atoms with van der Waals surface area (Å²) in [5.41, 5.74) is 6.73. The van der Waals surface area contributed by atoms with Crippen LogP contribution in [0.2, 0.25) is 0 Å². The molecule has 0 aliphatic heterocycles. The van der Waals surface area contributed by atoms with Gasteiger partial charge in [0.2, 0.25) is 5.95 Å². The Kier molecular flexibility index (Phi) is 2.84. The molecule has 18 heavy (non-hydrogen) atoms. The van der Waals surface area contributed by atoms with Crippen LogP contribution in [-0.4, -0.2) is 20.2 Å². The molecule has 2 aromatic rings. The average Bonchev–Trinajstić information content (AvgIpc) is 2.98. The van der Waals surface area contributed by atoms with Gasteiger partial charge in [-0.1, -0.05) is 12.8 Å². The molecule has 1 aliphatic carbocycles. The van der Waals surface area contributed by atoms with Crippen LogP contribution in [-0.2, 0) is 0 Å². The minimum atomic E-state index is 0.256. The minimum absolute atomic E-state index is 0.256. The van der Waals surface area contributed by atoms with E-state index >= 15 is 0 Å². The number of hydrogen-bond acceptors (Lipinski definition) is 5. The number of aromatic amines is 1. The summed E-state index contributed by atoms with van der Waals surface area (Å²) >= 11 is 0. The van der Waals surface area contributed by atoms with E-state index in [1.807, 2.05) is 6.07 Å². The summed E-state index contributed by atoms with van der Waals surface area (Å²) in [5.74, 6) is 2.32. The molecule has 0 unspecified atom stereocenters. The lowest BCUT2D eigenvalue weighted by molar-refractivity contribution is 0.693. The quantitative estimate of drug-likeness (QED) is 0.769. The molecule has 0 aromatic carbocycles. The summed E-state index contributed by atoms with van der Waals surface area (Å²) < 4.78 is 0. The van der Waals surface area contributed by atoms with Crippen molar-refractivity contribution in [3.05, 3.63) is 24.0 Å². The van der Waals surface area contributed by atoms with Gasteiger partial charge in [-0.2, -0.15) is 10.1 Å². The zero-order valence-electron chi connectivity index (χ0n) is 10.1. The van der Waals surface area contributed by atoms with E-state index in [1.54, 1.807) is 12.3 Å². The standard InChI is InChI=1S/C12H16N6/c13-12-14-6-5-10(16-12)15-11-7-9(17-18-11)8-3-1-2-4-8/h5-8H,1-4H2,(H4,13,14,15,16,17,18). The molecule has 0 amide bonds. The summed E-state index contributed by atoms with van der Waals surface area (Å²) in [4.78, 5) is 7.93. The topological polar surface area (TPSA) is 92.5 Å². The van der Waals surface area contributed by atoms with Crippen LogP contribution in [0, 0.1) is 0 Å². The number of nitrogen functional groups attached to an aromatic ring is 1. The Hall–Kier alpha value is -2.11. The van der Waals surface area contributed by atoms with Crippen molar-refractivity contribution in [3.8, 4) is 0 Å². The van der Waals surface area contributed by atoms with Crippen LogP contribution < -0.4 is 11.1 Å². The van der Waals surface area contributed by atoms with Crippen LogP contribution >= 0.6 is 0 Å². The molecule has 1 fully saturated rings. The van der Waals surface area contributed by atoms with Gasteiger partial charge in [-0.3, -0.25) is 5.10 Å². The summed E-state index contributed by atoms with van der Waals surface area (Å²) in [6.45, 7) is 0. The molecular weight excluding hydrogens is 228 g/mol. The maximum atomic E-state index is 5.53. The fraction of sp³-hybridized carbons (Fsp3) is 0.417. The van der Waals surface area contributed by atoms with Crippen molar-refractivity contribution in [3.63, 3.8) is 0 Å². The fourth-order valence-corrected chi connectivity index (χ4v) is 2.42. The molecule has 6 nitrogen and oxygen atoms in total. The first kappa shape index (κ1) is 11.0. The van der Waals surface area contributed by atoms with Gasteiger partial charge in [-0.15, -0.1) is 0 Å². The number of H-pyrrole nitrogens is 1. The summed E-state index contributed by atoms with van der Waals surface area (Å²) in [5, 5.41) is 10.5. The molecule has 0 radical (unpaired) electrons. The van der Waals surface area contributed by atoms with E-state index in [0.29, 0.717) is 11.7 Å². The Labute approximate surface area is 105 Å². The molecule has 0 spiro atoms. The highest BCUT2D eigenvalue weighted by atomic mass is 15.2. The molecule has 6 heteroatoms. The molecule has 94 valence electrons. The van der Waals surface area contributed by atoms with E-state index < -0.39 is 0 Å². The summed E-state index contributed by atoms with van der Waals surface area (Å²) in [6.07, 6.45) is 6.75. The average molecular weight is 244 g/mol. The number of rotatable bonds is 3. The number of nitrogens with zero attached hydrogens (tertiary/aromatic N) is 3. The van der Waals surface area contributed by atoms with Gasteiger partial charge in [0.1, 0.15) is 5.82 Å². The molecule has 2 heterocycles. The van der Waals surface area contributed by atoms with Crippen LogP contribution in [0.4, 0.5) is 17.6 Å². The lowest BCUT2D eigenvalue weighted by Crippen LogP contribution is -1.99. The Balaban J connectivity index is 1.73. The van der Waals surface area contributed by atoms with E-state index in [9.17, 15) is 0 Å². The van der Waals surface area contributed by atoms with Gasteiger partial charge in [-0.25, -0.2) is 4.98 Å². The minimum Gasteiger partial charge on any atom is -0.368 e. The Morgan fingerprint density at radius 3 is 2.89 bits per heavy atom. The van der Waals surface area contributed by atoms with Crippen molar-refractivity contribution >= 4 is 17.6 Å². The third kappa shape index (κ3) is 2.27. The smallest absolute Gasteiger partial charge is 0.221 e. The van der Waals surface area contributed by atoms with Crippen molar-refractivity contribution in [2.24, 2.45) is 0 Å². The maximum Gasteiger partial charge on any atom is 0.221 e. The number of nitrogens with two attached hydrogens (primary N) is 1. The second-order valence-corrected chi connectivity index (χ2v) is 4.61. The molecule has 4 N–H and O–H groups in total. The fourth-order valence-electron chi connectivity index (χ4n) is 2.42. The molecule has 1 saturated carbocycles. The van der Waals surface area contributed by atoms with E-state index in [0.717, 1.165) is 5.82 Å². The molecule has 3 rings (SSSR count). The molecule has 0 saturated heterocycles. The Morgan fingerprint density at radius 2 is 2.11 bits per heavy atom. The third-order valence-electron chi connectivity index (χ3n) is 3.32. The SMILES string of the molecule is Nc1nccc(Nc2cc(C3CCCC3)[nH]n2)n1. The first-order chi connectivity index (χ1) is 8.81. The van der Waals surface area contributed by atoms with Gasteiger partial charge in [0, 0.05) is 23.9 Å². The normalized spacial score (nSPS) is 16.0. The van der Waals surface area contributed by atoms with Crippen molar-refractivity contribution in [1.82, 2.24) is 20.2 Å². The predicted molar refractivity (Wildman–Crippen MR) is 69.5 cm³/mol. The first-order valence-corrected chi connectivity index (χ1v) is 6.22. The highest BCUT2D eigenvalue weighted by Gasteiger charge is 2.19. The largest absolute Gasteiger partial charge is 0.368 e. The van der Waals surface area contributed by atoms with E-state index in [4.69, 9.17) is 5.73 Å². The lowest BCUT2D eigenvalue weighted by atomic mass is 10.0. The van der Waals surface area contributed by atoms with Crippen LogP contribution in [0.25, 0.3) is 0 Å². The summed E-state index contributed by atoms with van der Waals surface area (Å²) in [6, 6.07) is 3.81. The van der Waals surface area contributed by atoms with Gasteiger partial charge in [0.15, 0.2) is 5.82 Å². The highest BCUT2D eigenvalue weighted by Crippen LogP contribution is 2.33. The zero-order valence-corrected chi connectivity index (χ0v) is 10.1. The third-order valence-corrected chi connectivity index (χ3v) is 3.32. The van der Waals surface area contributed by atoms with Crippen LogP contribution in [0.5, 0.6) is 0 Å². The monoisotopic (exact) mass is 244 g/mol. The lowest BCUT2D eigenvalue weighted by Gasteiger charge is -2.03. The van der Waals surface area contributed by atoms with Crippen LogP contribution in [0.1, 0.15) is 37.3 Å². The van der Waals surface area contributed by atoms with Crippen molar-refractivity contribution in [2.45, 2.75) is 31.6 Å². The van der Waals surface area contributed by atoms with Gasteiger partial charge >= 0.3 is 0 Å². The second-order valence-electron chi connectivity index (χ2n) is 4.61. The van der Waals surface area contributed by atoms with Gasteiger partial charge in [0.05, 0.1) is 0 Å². The second kappa shape index (κ2) is 4.64. The maximum absolute atomic E-state index is 5.53. The van der Waals surface area contributed by atoms with Gasteiger partial charge in [0.25, 0.3) is 0 Å². The van der Waals surface area contributed by atoms with E-state index in [-0.39, 0.29) is 5.95 Å². The molecule has 0 atom stereocenters. The van der Waals surface area contributed by atoms with Gasteiger partial charge < -0.3 is 11.1 Å². The molecular formula is C12H16N6. The predicted octanol–water partition coefficient (Wildman–Crippen LogP) is 2.18. The number of anilines is 3. The Bertz CT molecular complexity index is 529. The van der Waals surface area contributed by atoms with E-state index in [1.165, 1.54) is 31.4 Å². The van der Waals surface area contributed by atoms with Crippen LogP contribution in [0.15, 0.2) is 18.3 Å². The van der Waals surface area contributed by atoms with Crippen molar-refractivity contribution < 1.29 is 0 Å². The van der Waals surface area contributed by atoms with E-state index in [2.05, 4.69) is 25.5 Å². The zero-order chi connectivity index (χ0) is 12.4. The van der Waals surface area contributed by atoms with Crippen LogP contribution in [0.3, 0.4) is 0 Å². The summed E-state index contributed by atoms with van der Waals surface area (Å²) in [7, 11) is 0. The first-order valence-electron chi connectivity index (χ1n) is 6.22. The molecule has 1 aliphatic rings. The van der Waals surface area contributed by atoms with Crippen molar-refractivity contribution in [1.29, 1.82) is 0 Å².